The molecule has 0 aliphatic carbocycles. The lowest BCUT2D eigenvalue weighted by Crippen LogP contribution is -2.33. The van der Waals surface area contributed by atoms with E-state index < -0.39 is 16.6 Å². The molecule has 0 saturated carbocycles. The van der Waals surface area contributed by atoms with Crippen molar-refractivity contribution < 1.29 is 18.1 Å². The normalized spacial score (nSPS) is 15.2. The Morgan fingerprint density at radius 1 is 1.25 bits per heavy atom. The number of carbonyl (C=O) groups is 1. The maximum Gasteiger partial charge on any atom is 0.227 e. The molecule has 0 spiro atoms. The SMILES string of the molecule is CS(=O)c1ccc(CC(=O)N2CCOc3c(F)cccc3C2)cc1. The molecule has 1 aliphatic rings. The Kier molecular flexibility index (Phi) is 4.94. The van der Waals surface area contributed by atoms with Crippen LogP contribution >= 0.6 is 0 Å². The maximum absolute atomic E-state index is 13.8. The van der Waals surface area contributed by atoms with E-state index in [0.29, 0.717) is 18.7 Å². The number of amides is 1. The monoisotopic (exact) mass is 347 g/mol. The summed E-state index contributed by atoms with van der Waals surface area (Å²) in [6.45, 7) is 1.03. The number of nitrogens with zero attached hydrogens (tertiary/aromatic N) is 1. The molecule has 126 valence electrons. The lowest BCUT2D eigenvalue weighted by atomic mass is 10.1. The molecule has 3 rings (SSSR count). The number of hydrogen-bond donors (Lipinski definition) is 0. The Morgan fingerprint density at radius 3 is 2.71 bits per heavy atom. The van der Waals surface area contributed by atoms with Gasteiger partial charge < -0.3 is 9.64 Å². The zero-order valence-electron chi connectivity index (χ0n) is 13.3. The van der Waals surface area contributed by atoms with Crippen LogP contribution in [0.3, 0.4) is 0 Å². The largest absolute Gasteiger partial charge is 0.488 e. The molecule has 1 atom stereocenters. The third-order valence-electron chi connectivity index (χ3n) is 3.98. The predicted molar refractivity (Wildman–Crippen MR) is 89.8 cm³/mol. The van der Waals surface area contributed by atoms with Gasteiger partial charge >= 0.3 is 0 Å². The lowest BCUT2D eigenvalue weighted by molar-refractivity contribution is -0.131. The van der Waals surface area contributed by atoms with E-state index in [0.717, 1.165) is 10.5 Å². The van der Waals surface area contributed by atoms with Crippen LogP contribution in [-0.2, 0) is 28.6 Å². The number of ether oxygens (including phenoxy) is 1. The number of fused-ring (bicyclic) bond motifs is 1. The third kappa shape index (κ3) is 3.64. The van der Waals surface area contributed by atoms with Crippen LogP contribution < -0.4 is 4.74 Å². The highest BCUT2D eigenvalue weighted by Gasteiger charge is 2.21. The van der Waals surface area contributed by atoms with Gasteiger partial charge in [0.15, 0.2) is 11.6 Å². The van der Waals surface area contributed by atoms with Crippen LogP contribution in [0.2, 0.25) is 0 Å². The molecule has 0 aromatic heterocycles. The summed E-state index contributed by atoms with van der Waals surface area (Å²) in [4.78, 5) is 15.0. The van der Waals surface area contributed by atoms with Crippen LogP contribution in [0.5, 0.6) is 5.75 Å². The van der Waals surface area contributed by atoms with Gasteiger partial charge in [-0.15, -0.1) is 0 Å². The molecular formula is C18H18FNO3S. The quantitative estimate of drug-likeness (QED) is 0.857. The number of rotatable bonds is 3. The summed E-state index contributed by atoms with van der Waals surface area (Å²) in [7, 11) is -1.03. The van der Waals surface area contributed by atoms with Crippen LogP contribution in [0, 0.1) is 5.82 Å². The van der Waals surface area contributed by atoms with Crippen molar-refractivity contribution >= 4 is 16.7 Å². The molecule has 2 aromatic rings. The van der Waals surface area contributed by atoms with Gasteiger partial charge in [-0.05, 0) is 23.8 Å². The van der Waals surface area contributed by atoms with Gasteiger partial charge in [0.2, 0.25) is 5.91 Å². The number of carbonyl (C=O) groups excluding carboxylic acids is 1. The molecular weight excluding hydrogens is 329 g/mol. The Hall–Kier alpha value is -2.21. The summed E-state index contributed by atoms with van der Waals surface area (Å²) in [6, 6.07) is 11.9. The molecule has 1 unspecified atom stereocenters. The van der Waals surface area contributed by atoms with E-state index in [9.17, 15) is 13.4 Å². The van der Waals surface area contributed by atoms with Crippen LogP contribution in [-0.4, -0.2) is 34.4 Å². The Morgan fingerprint density at radius 2 is 2.00 bits per heavy atom. The first-order valence-electron chi connectivity index (χ1n) is 7.65. The van der Waals surface area contributed by atoms with E-state index >= 15 is 0 Å². The van der Waals surface area contributed by atoms with Gasteiger partial charge in [-0.25, -0.2) is 4.39 Å². The number of halogens is 1. The van der Waals surface area contributed by atoms with Gasteiger partial charge in [0.05, 0.1) is 13.0 Å². The van der Waals surface area contributed by atoms with Gasteiger partial charge in [-0.3, -0.25) is 9.00 Å². The van der Waals surface area contributed by atoms with E-state index in [2.05, 4.69) is 0 Å². The van der Waals surface area contributed by atoms with Crippen molar-refractivity contribution in [1.82, 2.24) is 4.90 Å². The summed E-state index contributed by atoms with van der Waals surface area (Å²) >= 11 is 0. The highest BCUT2D eigenvalue weighted by Crippen LogP contribution is 2.26. The van der Waals surface area contributed by atoms with E-state index in [1.54, 1.807) is 35.4 Å². The molecule has 24 heavy (non-hydrogen) atoms. The average Bonchev–Trinajstić information content (AvgIpc) is 2.79. The molecule has 2 aromatic carbocycles. The summed E-state index contributed by atoms with van der Waals surface area (Å²) in [5.41, 5.74) is 1.54. The smallest absolute Gasteiger partial charge is 0.227 e. The topological polar surface area (TPSA) is 46.6 Å². The number of hydrogen-bond acceptors (Lipinski definition) is 3. The van der Waals surface area contributed by atoms with Gasteiger partial charge in [0, 0.05) is 34.1 Å². The minimum absolute atomic E-state index is 0.0407. The fourth-order valence-corrected chi connectivity index (χ4v) is 3.20. The second-order valence-corrected chi connectivity index (χ2v) is 7.05. The van der Waals surface area contributed by atoms with Crippen LogP contribution in [0.4, 0.5) is 4.39 Å². The van der Waals surface area contributed by atoms with Gasteiger partial charge in [0.25, 0.3) is 0 Å². The fraction of sp³-hybridized carbons (Fsp3) is 0.278. The molecule has 1 aliphatic heterocycles. The molecule has 0 bridgehead atoms. The first-order valence-corrected chi connectivity index (χ1v) is 9.21. The summed E-state index contributed by atoms with van der Waals surface area (Å²) in [5, 5.41) is 0. The standard InChI is InChI=1S/C18H18FNO3S/c1-24(22)15-7-5-13(6-8-15)11-17(21)20-9-10-23-18-14(12-20)3-2-4-16(18)19/h2-8H,9-12H2,1H3. The van der Waals surface area contributed by atoms with Crippen molar-refractivity contribution in [3.8, 4) is 5.75 Å². The van der Waals surface area contributed by atoms with Crippen molar-refractivity contribution in [1.29, 1.82) is 0 Å². The first-order chi connectivity index (χ1) is 11.5. The molecule has 1 heterocycles. The van der Waals surface area contributed by atoms with E-state index in [1.807, 2.05) is 12.1 Å². The van der Waals surface area contributed by atoms with E-state index in [4.69, 9.17) is 4.74 Å². The Balaban J connectivity index is 1.72. The molecule has 0 N–H and O–H groups in total. The molecule has 0 fully saturated rings. The van der Waals surface area contributed by atoms with Crippen LogP contribution in [0.25, 0.3) is 0 Å². The minimum Gasteiger partial charge on any atom is -0.488 e. The predicted octanol–water partition coefficient (Wildman–Crippen LogP) is 2.53. The van der Waals surface area contributed by atoms with Crippen molar-refractivity contribution in [3.05, 3.63) is 59.4 Å². The maximum atomic E-state index is 13.8. The Labute approximate surface area is 142 Å². The Bertz CT molecular complexity index is 776. The van der Waals surface area contributed by atoms with Crippen LogP contribution in [0.15, 0.2) is 47.4 Å². The molecule has 6 heteroatoms. The van der Waals surface area contributed by atoms with Crippen molar-refractivity contribution in [2.75, 3.05) is 19.4 Å². The highest BCUT2D eigenvalue weighted by atomic mass is 32.2. The fourth-order valence-electron chi connectivity index (χ4n) is 2.68. The second-order valence-electron chi connectivity index (χ2n) is 5.67. The molecule has 0 saturated heterocycles. The van der Waals surface area contributed by atoms with Crippen molar-refractivity contribution in [3.63, 3.8) is 0 Å². The third-order valence-corrected chi connectivity index (χ3v) is 4.92. The number of benzene rings is 2. The summed E-state index contributed by atoms with van der Waals surface area (Å²) in [5.74, 6) is -0.200. The van der Waals surface area contributed by atoms with E-state index in [-0.39, 0.29) is 24.7 Å². The molecule has 1 amide bonds. The van der Waals surface area contributed by atoms with Crippen LogP contribution in [0.1, 0.15) is 11.1 Å². The zero-order valence-corrected chi connectivity index (χ0v) is 14.1. The van der Waals surface area contributed by atoms with Gasteiger partial charge in [-0.1, -0.05) is 24.3 Å². The first kappa shape index (κ1) is 16.6. The van der Waals surface area contributed by atoms with Crippen molar-refractivity contribution in [2.45, 2.75) is 17.9 Å². The summed E-state index contributed by atoms with van der Waals surface area (Å²) in [6.07, 6.45) is 1.87. The van der Waals surface area contributed by atoms with Crippen molar-refractivity contribution in [2.24, 2.45) is 0 Å². The van der Waals surface area contributed by atoms with E-state index in [1.165, 1.54) is 6.07 Å². The minimum atomic E-state index is -1.03. The number of para-hydroxylation sites is 1. The highest BCUT2D eigenvalue weighted by molar-refractivity contribution is 7.84. The molecule has 4 nitrogen and oxygen atoms in total. The van der Waals surface area contributed by atoms with Gasteiger partial charge in [-0.2, -0.15) is 0 Å². The summed E-state index contributed by atoms with van der Waals surface area (Å²) < 4.78 is 30.6. The zero-order chi connectivity index (χ0) is 17.1. The molecule has 0 radical (unpaired) electrons. The lowest BCUT2D eigenvalue weighted by Gasteiger charge is -2.20. The second kappa shape index (κ2) is 7.13. The average molecular weight is 347 g/mol. The van der Waals surface area contributed by atoms with Gasteiger partial charge in [0.1, 0.15) is 6.61 Å².